The lowest BCUT2D eigenvalue weighted by atomic mass is 9.74. The van der Waals surface area contributed by atoms with E-state index in [0.29, 0.717) is 18.4 Å². The van der Waals surface area contributed by atoms with Crippen LogP contribution in [-0.4, -0.2) is 17.3 Å². The summed E-state index contributed by atoms with van der Waals surface area (Å²) >= 11 is 0. The van der Waals surface area contributed by atoms with Gasteiger partial charge in [0.2, 0.25) is 0 Å². The highest BCUT2D eigenvalue weighted by atomic mass is 16.3. The monoisotopic (exact) mass is 169 g/mol. The predicted octanol–water partition coefficient (Wildman–Crippen LogP) is 1.28. The largest absolute Gasteiger partial charge is 0.396 e. The molecule has 0 amide bonds. The average Bonchev–Trinajstić information content (AvgIpc) is 2.85. The van der Waals surface area contributed by atoms with Gasteiger partial charge in [-0.25, -0.2) is 0 Å². The van der Waals surface area contributed by atoms with Crippen LogP contribution in [0.2, 0.25) is 0 Å². The van der Waals surface area contributed by atoms with Crippen LogP contribution in [0.15, 0.2) is 0 Å². The van der Waals surface area contributed by atoms with Crippen LogP contribution in [0, 0.1) is 11.8 Å². The van der Waals surface area contributed by atoms with E-state index in [1.54, 1.807) is 0 Å². The number of hydrogen-bond acceptors (Lipinski definition) is 2. The Bertz CT molecular complexity index is 165. The van der Waals surface area contributed by atoms with Gasteiger partial charge in [-0.1, -0.05) is 12.8 Å². The molecule has 12 heavy (non-hydrogen) atoms. The zero-order valence-electron chi connectivity index (χ0n) is 7.63. The molecule has 0 aromatic rings. The molecule has 2 aliphatic rings. The summed E-state index contributed by atoms with van der Waals surface area (Å²) in [7, 11) is 0. The Hall–Kier alpha value is -0.0800. The van der Waals surface area contributed by atoms with Crippen molar-refractivity contribution in [2.24, 2.45) is 17.6 Å². The average molecular weight is 169 g/mol. The van der Waals surface area contributed by atoms with Crippen molar-refractivity contribution in [2.75, 3.05) is 6.61 Å². The van der Waals surface area contributed by atoms with E-state index in [1.807, 2.05) is 0 Å². The highest BCUT2D eigenvalue weighted by Gasteiger charge is 2.48. The van der Waals surface area contributed by atoms with Crippen molar-refractivity contribution in [3.63, 3.8) is 0 Å². The van der Waals surface area contributed by atoms with Crippen LogP contribution in [0.5, 0.6) is 0 Å². The molecule has 2 atom stereocenters. The molecule has 0 radical (unpaired) electrons. The van der Waals surface area contributed by atoms with Crippen LogP contribution >= 0.6 is 0 Å². The summed E-state index contributed by atoms with van der Waals surface area (Å²) in [6.45, 7) is 0.351. The summed E-state index contributed by atoms with van der Waals surface area (Å²) in [4.78, 5) is 0. The van der Waals surface area contributed by atoms with Crippen molar-refractivity contribution < 1.29 is 5.11 Å². The molecule has 0 aliphatic heterocycles. The van der Waals surface area contributed by atoms with Crippen molar-refractivity contribution in [1.82, 2.24) is 0 Å². The number of hydrogen-bond donors (Lipinski definition) is 2. The lowest BCUT2D eigenvalue weighted by molar-refractivity contribution is 0.111. The van der Waals surface area contributed by atoms with E-state index in [1.165, 1.54) is 38.5 Å². The first-order chi connectivity index (χ1) is 5.76. The number of nitrogens with two attached hydrogens (primary N) is 1. The summed E-state index contributed by atoms with van der Waals surface area (Å²) in [5.74, 6) is 1.13. The smallest absolute Gasteiger partial charge is 0.0462 e. The van der Waals surface area contributed by atoms with Crippen LogP contribution in [0.25, 0.3) is 0 Å². The summed E-state index contributed by atoms with van der Waals surface area (Å²) in [6, 6.07) is 0. The lowest BCUT2D eigenvalue weighted by Gasteiger charge is -2.34. The highest BCUT2D eigenvalue weighted by Crippen LogP contribution is 2.48. The molecule has 2 heteroatoms. The third-order valence-corrected chi connectivity index (χ3v) is 3.71. The first-order valence-corrected chi connectivity index (χ1v) is 5.16. The molecule has 3 N–H and O–H groups in total. The van der Waals surface area contributed by atoms with Crippen molar-refractivity contribution >= 4 is 0 Å². The van der Waals surface area contributed by atoms with Gasteiger partial charge in [-0.15, -0.1) is 0 Å². The Balaban J connectivity index is 2.00. The summed E-state index contributed by atoms with van der Waals surface area (Å²) in [5.41, 5.74) is 6.31. The van der Waals surface area contributed by atoms with Gasteiger partial charge >= 0.3 is 0 Å². The van der Waals surface area contributed by atoms with Gasteiger partial charge in [0.25, 0.3) is 0 Å². The topological polar surface area (TPSA) is 46.2 Å². The summed E-state index contributed by atoms with van der Waals surface area (Å²) < 4.78 is 0. The second-order valence-corrected chi connectivity index (χ2v) is 4.57. The molecule has 2 nitrogen and oxygen atoms in total. The van der Waals surface area contributed by atoms with Crippen molar-refractivity contribution in [3.8, 4) is 0 Å². The third kappa shape index (κ3) is 1.38. The second kappa shape index (κ2) is 3.00. The molecular weight excluding hydrogens is 150 g/mol. The Labute approximate surface area is 74.1 Å². The Morgan fingerprint density at radius 2 is 1.92 bits per heavy atom. The molecule has 2 aliphatic carbocycles. The van der Waals surface area contributed by atoms with Crippen molar-refractivity contribution in [3.05, 3.63) is 0 Å². The first-order valence-electron chi connectivity index (χ1n) is 5.16. The predicted molar refractivity (Wildman–Crippen MR) is 48.7 cm³/mol. The van der Waals surface area contributed by atoms with E-state index >= 15 is 0 Å². The quantitative estimate of drug-likeness (QED) is 0.654. The lowest BCUT2D eigenvalue weighted by Crippen LogP contribution is -2.40. The Kier molecular flexibility index (Phi) is 2.13. The molecule has 0 bridgehead atoms. The molecule has 2 fully saturated rings. The molecule has 0 aromatic carbocycles. The van der Waals surface area contributed by atoms with Gasteiger partial charge in [-0.2, -0.15) is 0 Å². The van der Waals surface area contributed by atoms with Crippen LogP contribution < -0.4 is 5.73 Å². The van der Waals surface area contributed by atoms with E-state index in [2.05, 4.69) is 0 Å². The van der Waals surface area contributed by atoms with Gasteiger partial charge in [-0.05, 0) is 37.5 Å². The first kappa shape index (κ1) is 8.52. The minimum Gasteiger partial charge on any atom is -0.396 e. The maximum atomic E-state index is 9.20. The molecule has 0 aromatic heterocycles. The summed E-state index contributed by atoms with van der Waals surface area (Å²) in [5, 5.41) is 9.20. The van der Waals surface area contributed by atoms with Gasteiger partial charge in [0, 0.05) is 12.1 Å². The second-order valence-electron chi connectivity index (χ2n) is 4.57. The molecule has 2 unspecified atom stereocenters. The number of rotatable bonds is 2. The van der Waals surface area contributed by atoms with Crippen LogP contribution in [-0.2, 0) is 0 Å². The van der Waals surface area contributed by atoms with Crippen LogP contribution in [0.3, 0.4) is 0 Å². The minimum absolute atomic E-state index is 0.133. The zero-order valence-corrected chi connectivity index (χ0v) is 7.63. The van der Waals surface area contributed by atoms with Crippen LogP contribution in [0.1, 0.15) is 38.5 Å². The highest BCUT2D eigenvalue weighted by molar-refractivity contribution is 5.06. The molecule has 2 rings (SSSR count). The van der Waals surface area contributed by atoms with Gasteiger partial charge in [-0.3, -0.25) is 0 Å². The number of aliphatic hydroxyl groups excluding tert-OH is 1. The zero-order chi connectivity index (χ0) is 8.60. The fourth-order valence-electron chi connectivity index (χ4n) is 2.70. The molecule has 70 valence electrons. The van der Waals surface area contributed by atoms with Gasteiger partial charge < -0.3 is 10.8 Å². The molecule has 2 saturated carbocycles. The van der Waals surface area contributed by atoms with E-state index in [0.717, 1.165) is 0 Å². The summed E-state index contributed by atoms with van der Waals surface area (Å²) in [6.07, 6.45) is 7.43. The fraction of sp³-hybridized carbons (Fsp3) is 1.00. The van der Waals surface area contributed by atoms with E-state index in [9.17, 15) is 5.11 Å². The van der Waals surface area contributed by atoms with Gasteiger partial charge in [0.05, 0.1) is 0 Å². The Morgan fingerprint density at radius 1 is 1.25 bits per heavy atom. The van der Waals surface area contributed by atoms with Gasteiger partial charge in [0.1, 0.15) is 0 Å². The number of aliphatic hydroxyl groups is 1. The maximum absolute atomic E-state index is 9.20. The fourth-order valence-corrected chi connectivity index (χ4v) is 2.70. The van der Waals surface area contributed by atoms with Crippen LogP contribution in [0.4, 0.5) is 0 Å². The Morgan fingerprint density at radius 3 is 2.50 bits per heavy atom. The third-order valence-electron chi connectivity index (χ3n) is 3.71. The molecule has 0 spiro atoms. The van der Waals surface area contributed by atoms with Crippen molar-refractivity contribution in [1.29, 1.82) is 0 Å². The van der Waals surface area contributed by atoms with Crippen molar-refractivity contribution in [2.45, 2.75) is 44.1 Å². The van der Waals surface area contributed by atoms with E-state index in [4.69, 9.17) is 5.73 Å². The standard InChI is InChI=1S/C10H19NO/c11-10(5-6-10)9-4-2-1-3-8(9)7-12/h8-9,12H,1-7,11H2. The molecule has 0 saturated heterocycles. The van der Waals surface area contributed by atoms with Gasteiger partial charge in [0.15, 0.2) is 0 Å². The molecular formula is C10H19NO. The van der Waals surface area contributed by atoms with E-state index < -0.39 is 0 Å². The molecule has 0 heterocycles. The minimum atomic E-state index is 0.133. The van der Waals surface area contributed by atoms with E-state index in [-0.39, 0.29) is 5.54 Å². The normalized spacial score (nSPS) is 39.5. The maximum Gasteiger partial charge on any atom is 0.0462 e. The SMILES string of the molecule is NC1(C2CCCCC2CO)CC1.